The molecule has 4 heteroatoms. The fourth-order valence-corrected chi connectivity index (χ4v) is 3.30. The van der Waals surface area contributed by atoms with Gasteiger partial charge in [-0.15, -0.1) is 11.6 Å². The third-order valence-corrected chi connectivity index (χ3v) is 5.00. The first kappa shape index (κ1) is 13.3. The standard InChI is InChI=1S/C15H17Cl2NO/c16-8-11-7-14(19)18(9-11)10-15(5-6-15)12-1-3-13(17)4-2-12/h1-4,11H,5-10H2. The molecule has 0 N–H and O–H groups in total. The van der Waals surface area contributed by atoms with E-state index in [4.69, 9.17) is 23.2 Å². The predicted molar refractivity (Wildman–Crippen MR) is 77.8 cm³/mol. The van der Waals surface area contributed by atoms with Gasteiger partial charge in [-0.05, 0) is 36.5 Å². The molecule has 2 nitrogen and oxygen atoms in total. The highest BCUT2D eigenvalue weighted by Crippen LogP contribution is 2.49. The van der Waals surface area contributed by atoms with Gasteiger partial charge >= 0.3 is 0 Å². The molecular weight excluding hydrogens is 281 g/mol. The number of likely N-dealkylation sites (tertiary alicyclic amines) is 1. The number of halogens is 2. The second-order valence-corrected chi connectivity index (χ2v) is 6.53. The smallest absolute Gasteiger partial charge is 0.222 e. The third-order valence-electron chi connectivity index (χ3n) is 4.32. The van der Waals surface area contributed by atoms with Crippen molar-refractivity contribution in [2.24, 2.45) is 5.92 Å². The first-order valence-corrected chi connectivity index (χ1v) is 7.64. The van der Waals surface area contributed by atoms with E-state index in [2.05, 4.69) is 12.1 Å². The predicted octanol–water partition coefficient (Wildman–Crippen LogP) is 3.46. The summed E-state index contributed by atoms with van der Waals surface area (Å²) in [5.41, 5.74) is 1.47. The number of rotatable bonds is 4. The van der Waals surface area contributed by atoms with E-state index in [1.54, 1.807) is 0 Å². The maximum absolute atomic E-state index is 12.0. The highest BCUT2D eigenvalue weighted by molar-refractivity contribution is 6.30. The van der Waals surface area contributed by atoms with Crippen molar-refractivity contribution in [2.75, 3.05) is 19.0 Å². The van der Waals surface area contributed by atoms with Gasteiger partial charge in [-0.2, -0.15) is 0 Å². The molecule has 2 fully saturated rings. The lowest BCUT2D eigenvalue weighted by Crippen LogP contribution is -2.34. The van der Waals surface area contributed by atoms with Crippen LogP contribution < -0.4 is 0 Å². The minimum Gasteiger partial charge on any atom is -0.341 e. The fourth-order valence-electron chi connectivity index (χ4n) is 2.97. The average Bonchev–Trinajstić information content (AvgIpc) is 3.10. The van der Waals surface area contributed by atoms with E-state index in [1.807, 2.05) is 17.0 Å². The van der Waals surface area contributed by atoms with Crippen molar-refractivity contribution in [3.05, 3.63) is 34.9 Å². The van der Waals surface area contributed by atoms with Crippen LogP contribution in [0.1, 0.15) is 24.8 Å². The van der Waals surface area contributed by atoms with Gasteiger partial charge in [-0.25, -0.2) is 0 Å². The molecule has 2 aliphatic rings. The van der Waals surface area contributed by atoms with E-state index in [9.17, 15) is 4.79 Å². The molecule has 1 amide bonds. The van der Waals surface area contributed by atoms with Crippen molar-refractivity contribution in [1.82, 2.24) is 4.90 Å². The molecule has 0 aromatic heterocycles. The van der Waals surface area contributed by atoms with Crippen LogP contribution in [-0.2, 0) is 10.2 Å². The number of hydrogen-bond donors (Lipinski definition) is 0. The molecule has 1 aromatic carbocycles. The Morgan fingerprint density at radius 2 is 1.95 bits per heavy atom. The maximum atomic E-state index is 12.0. The first-order chi connectivity index (χ1) is 9.13. The van der Waals surface area contributed by atoms with Gasteiger partial charge in [0, 0.05) is 35.8 Å². The van der Waals surface area contributed by atoms with Crippen molar-refractivity contribution < 1.29 is 4.79 Å². The third kappa shape index (κ3) is 2.61. The Labute approximate surface area is 123 Å². The second kappa shape index (κ2) is 4.99. The van der Waals surface area contributed by atoms with Gasteiger partial charge in [-0.1, -0.05) is 23.7 Å². The zero-order valence-electron chi connectivity index (χ0n) is 10.7. The molecule has 0 bridgehead atoms. The van der Waals surface area contributed by atoms with E-state index in [1.165, 1.54) is 5.56 Å². The van der Waals surface area contributed by atoms with E-state index in [0.29, 0.717) is 18.2 Å². The normalized spacial score (nSPS) is 24.8. The summed E-state index contributed by atoms with van der Waals surface area (Å²) in [5, 5.41) is 0.763. The Morgan fingerprint density at radius 3 is 2.47 bits per heavy atom. The molecule has 0 spiro atoms. The summed E-state index contributed by atoms with van der Waals surface area (Å²) in [6.07, 6.45) is 2.92. The van der Waals surface area contributed by atoms with Gasteiger partial charge in [0.05, 0.1) is 0 Å². The summed E-state index contributed by atoms with van der Waals surface area (Å²) >= 11 is 11.8. The molecule has 3 rings (SSSR count). The van der Waals surface area contributed by atoms with Crippen LogP contribution in [0.5, 0.6) is 0 Å². The van der Waals surface area contributed by atoms with Crippen LogP contribution in [0.25, 0.3) is 0 Å². The molecule has 1 aliphatic heterocycles. The minimum absolute atomic E-state index is 0.168. The van der Waals surface area contributed by atoms with Gasteiger partial charge in [0.25, 0.3) is 0 Å². The topological polar surface area (TPSA) is 20.3 Å². The molecule has 1 aliphatic carbocycles. The number of carbonyl (C=O) groups excluding carboxylic acids is 1. The van der Waals surface area contributed by atoms with Crippen molar-refractivity contribution >= 4 is 29.1 Å². The lowest BCUT2D eigenvalue weighted by Gasteiger charge is -2.24. The SMILES string of the molecule is O=C1CC(CCl)CN1CC1(c2ccc(Cl)cc2)CC1. The van der Waals surface area contributed by atoms with E-state index in [0.717, 1.165) is 31.0 Å². The number of nitrogens with zero attached hydrogens (tertiary/aromatic N) is 1. The minimum atomic E-state index is 0.168. The molecule has 1 unspecified atom stereocenters. The van der Waals surface area contributed by atoms with Crippen LogP contribution in [0.4, 0.5) is 0 Å². The average molecular weight is 298 g/mol. The van der Waals surface area contributed by atoms with Gasteiger partial charge < -0.3 is 4.90 Å². The van der Waals surface area contributed by atoms with Gasteiger partial charge in [0.2, 0.25) is 5.91 Å². The summed E-state index contributed by atoms with van der Waals surface area (Å²) in [6, 6.07) is 8.05. The quantitative estimate of drug-likeness (QED) is 0.780. The van der Waals surface area contributed by atoms with E-state index < -0.39 is 0 Å². The highest BCUT2D eigenvalue weighted by Gasteiger charge is 2.47. The summed E-state index contributed by atoms with van der Waals surface area (Å²) in [7, 11) is 0. The Hall–Kier alpha value is -0.730. The number of benzene rings is 1. The van der Waals surface area contributed by atoms with E-state index >= 15 is 0 Å². The maximum Gasteiger partial charge on any atom is 0.222 e. The zero-order valence-corrected chi connectivity index (χ0v) is 12.3. The first-order valence-electron chi connectivity index (χ1n) is 6.73. The van der Waals surface area contributed by atoms with Crippen molar-refractivity contribution in [1.29, 1.82) is 0 Å². The van der Waals surface area contributed by atoms with Crippen LogP contribution >= 0.6 is 23.2 Å². The molecule has 19 heavy (non-hydrogen) atoms. The monoisotopic (exact) mass is 297 g/mol. The van der Waals surface area contributed by atoms with Gasteiger partial charge in [0.1, 0.15) is 0 Å². The van der Waals surface area contributed by atoms with Crippen LogP contribution in [0.2, 0.25) is 5.02 Å². The van der Waals surface area contributed by atoms with Crippen LogP contribution in [0.3, 0.4) is 0 Å². The summed E-state index contributed by atoms with van der Waals surface area (Å²) in [6.45, 7) is 1.65. The molecule has 102 valence electrons. The number of amides is 1. The highest BCUT2D eigenvalue weighted by atomic mass is 35.5. The van der Waals surface area contributed by atoms with Gasteiger partial charge in [-0.3, -0.25) is 4.79 Å². The zero-order chi connectivity index (χ0) is 13.5. The summed E-state index contributed by atoms with van der Waals surface area (Å²) in [5.74, 6) is 1.16. The van der Waals surface area contributed by atoms with Crippen molar-refractivity contribution in [3.63, 3.8) is 0 Å². The molecular formula is C15H17Cl2NO. The molecule has 1 saturated carbocycles. The van der Waals surface area contributed by atoms with E-state index in [-0.39, 0.29) is 11.3 Å². The molecule has 1 aromatic rings. The Balaban J connectivity index is 1.72. The van der Waals surface area contributed by atoms with Gasteiger partial charge in [0.15, 0.2) is 0 Å². The molecule has 1 heterocycles. The summed E-state index contributed by atoms with van der Waals surface area (Å²) in [4.78, 5) is 14.0. The van der Waals surface area contributed by atoms with Crippen LogP contribution in [0, 0.1) is 5.92 Å². The Kier molecular flexibility index (Phi) is 3.48. The number of alkyl halides is 1. The Bertz CT molecular complexity index is 481. The number of hydrogen-bond acceptors (Lipinski definition) is 1. The lowest BCUT2D eigenvalue weighted by atomic mass is 9.95. The molecule has 0 radical (unpaired) electrons. The lowest BCUT2D eigenvalue weighted by molar-refractivity contribution is -0.128. The Morgan fingerprint density at radius 1 is 1.26 bits per heavy atom. The second-order valence-electron chi connectivity index (χ2n) is 5.79. The molecule has 1 atom stereocenters. The number of carbonyl (C=O) groups is 1. The summed E-state index contributed by atoms with van der Waals surface area (Å²) < 4.78 is 0. The van der Waals surface area contributed by atoms with Crippen LogP contribution in [0.15, 0.2) is 24.3 Å². The largest absolute Gasteiger partial charge is 0.341 e. The van der Waals surface area contributed by atoms with Crippen molar-refractivity contribution in [2.45, 2.75) is 24.7 Å². The van der Waals surface area contributed by atoms with Crippen LogP contribution in [-0.4, -0.2) is 29.8 Å². The van der Waals surface area contributed by atoms with Crippen molar-refractivity contribution in [3.8, 4) is 0 Å². The fraction of sp³-hybridized carbons (Fsp3) is 0.533. The molecule has 1 saturated heterocycles.